The maximum absolute atomic E-state index is 13.4. The highest BCUT2D eigenvalue weighted by atomic mass is 16.6. The van der Waals surface area contributed by atoms with E-state index in [0.29, 0.717) is 40.6 Å². The summed E-state index contributed by atoms with van der Waals surface area (Å²) in [6, 6.07) is 10.4. The first-order valence-corrected chi connectivity index (χ1v) is 15.7. The predicted molar refractivity (Wildman–Crippen MR) is 176 cm³/mol. The number of esters is 1. The van der Waals surface area contributed by atoms with Crippen LogP contribution in [0.2, 0.25) is 0 Å². The predicted octanol–water partition coefficient (Wildman–Crippen LogP) is 2.18. The highest BCUT2D eigenvalue weighted by molar-refractivity contribution is 5.97. The molecule has 2 aliphatic rings. The van der Waals surface area contributed by atoms with Crippen LogP contribution in [0.5, 0.6) is 5.75 Å². The first-order valence-electron chi connectivity index (χ1n) is 15.7. The molecule has 0 radical (unpaired) electrons. The Kier molecular flexibility index (Phi) is 9.05. The van der Waals surface area contributed by atoms with Gasteiger partial charge >= 0.3 is 5.97 Å². The standard InChI is InChI=1S/C34H38N6O8/c1-5-34(45)25-14-27-30-21(15-40(27)32(43)24(25)17-48-33(34)44)11-20-12-23(7-8-26(20)37-30)47-18-29(41)36-22-13-28(39(16-22)19-46-4)31(42)35-9-6-10-38(2)3/h7-8,11-14,16,45H,5-6,9-10,15,17-19H2,1-4H3,(H,35,42)(H,36,41). The molecule has 2 aliphatic heterocycles. The maximum Gasteiger partial charge on any atom is 0.343 e. The summed E-state index contributed by atoms with van der Waals surface area (Å²) < 4.78 is 19.3. The fraction of sp³-hybridized carbons (Fsp3) is 0.382. The van der Waals surface area contributed by atoms with Crippen molar-refractivity contribution in [3.8, 4) is 17.1 Å². The molecule has 0 saturated carbocycles. The van der Waals surface area contributed by atoms with Gasteiger partial charge in [0.1, 0.15) is 24.8 Å². The zero-order valence-electron chi connectivity index (χ0n) is 27.3. The van der Waals surface area contributed by atoms with Gasteiger partial charge in [-0.15, -0.1) is 0 Å². The van der Waals surface area contributed by atoms with Crippen molar-refractivity contribution in [3.63, 3.8) is 0 Å². The van der Waals surface area contributed by atoms with Crippen LogP contribution in [0.3, 0.4) is 0 Å². The lowest BCUT2D eigenvalue weighted by molar-refractivity contribution is -0.172. The van der Waals surface area contributed by atoms with Crippen LogP contribution in [0.15, 0.2) is 47.4 Å². The van der Waals surface area contributed by atoms with Gasteiger partial charge in [-0.3, -0.25) is 14.4 Å². The van der Waals surface area contributed by atoms with Gasteiger partial charge in [0.2, 0.25) is 0 Å². The number of carbonyl (C=O) groups excluding carboxylic acids is 3. The Hall–Kier alpha value is -5.05. The normalized spacial score (nSPS) is 16.3. The number of benzene rings is 1. The Morgan fingerprint density at radius 2 is 1.98 bits per heavy atom. The lowest BCUT2D eigenvalue weighted by Gasteiger charge is -2.31. The molecule has 48 heavy (non-hydrogen) atoms. The quantitative estimate of drug-likeness (QED) is 0.134. The number of fused-ring (bicyclic) bond motifs is 5. The topological polar surface area (TPSA) is 166 Å². The third kappa shape index (κ3) is 6.17. The van der Waals surface area contributed by atoms with Crippen LogP contribution in [0.4, 0.5) is 5.69 Å². The number of amides is 2. The summed E-state index contributed by atoms with van der Waals surface area (Å²) in [7, 11) is 5.46. The number of rotatable bonds is 12. The van der Waals surface area contributed by atoms with Gasteiger partial charge in [0.15, 0.2) is 12.2 Å². The lowest BCUT2D eigenvalue weighted by Crippen LogP contribution is -2.44. The molecule has 14 heteroatoms. The molecule has 14 nitrogen and oxygen atoms in total. The van der Waals surface area contributed by atoms with Gasteiger partial charge in [0.05, 0.1) is 34.7 Å². The summed E-state index contributed by atoms with van der Waals surface area (Å²) in [6.45, 7) is 2.96. The number of hydrogen-bond donors (Lipinski definition) is 3. The Morgan fingerprint density at radius 1 is 1.17 bits per heavy atom. The van der Waals surface area contributed by atoms with Crippen LogP contribution in [0.25, 0.3) is 22.3 Å². The van der Waals surface area contributed by atoms with E-state index < -0.39 is 17.5 Å². The first-order chi connectivity index (χ1) is 23.0. The number of hydrogen-bond acceptors (Lipinski definition) is 10. The minimum absolute atomic E-state index is 0.0663. The van der Waals surface area contributed by atoms with Crippen LogP contribution in [-0.4, -0.2) is 82.8 Å². The number of anilines is 1. The van der Waals surface area contributed by atoms with E-state index in [0.717, 1.165) is 23.9 Å². The summed E-state index contributed by atoms with van der Waals surface area (Å²) >= 11 is 0. The fourth-order valence-electron chi connectivity index (χ4n) is 6.10. The van der Waals surface area contributed by atoms with E-state index in [1.165, 1.54) is 7.11 Å². The van der Waals surface area contributed by atoms with Gasteiger partial charge in [-0.1, -0.05) is 6.92 Å². The molecule has 0 aliphatic carbocycles. The van der Waals surface area contributed by atoms with E-state index in [-0.39, 0.29) is 55.5 Å². The largest absolute Gasteiger partial charge is 0.484 e. The van der Waals surface area contributed by atoms with Crippen molar-refractivity contribution in [3.05, 3.63) is 75.3 Å². The highest BCUT2D eigenvalue weighted by Crippen LogP contribution is 2.39. The van der Waals surface area contributed by atoms with E-state index in [9.17, 15) is 24.3 Å². The Bertz CT molecular complexity index is 1980. The summed E-state index contributed by atoms with van der Waals surface area (Å²) in [5.74, 6) is -1.00. The first kappa shape index (κ1) is 32.9. The number of aliphatic hydroxyl groups is 1. The monoisotopic (exact) mass is 658 g/mol. The van der Waals surface area contributed by atoms with Crippen molar-refractivity contribution < 1.29 is 33.7 Å². The molecule has 2 amide bonds. The summed E-state index contributed by atoms with van der Waals surface area (Å²) in [4.78, 5) is 58.3. The third-order valence-electron chi connectivity index (χ3n) is 8.60. The maximum atomic E-state index is 13.4. The fourth-order valence-corrected chi connectivity index (χ4v) is 6.10. The number of aromatic nitrogens is 3. The number of carbonyl (C=O) groups is 3. The van der Waals surface area contributed by atoms with E-state index in [4.69, 9.17) is 19.2 Å². The van der Waals surface area contributed by atoms with Gasteiger partial charge < -0.3 is 44.0 Å². The van der Waals surface area contributed by atoms with E-state index >= 15 is 0 Å². The zero-order valence-corrected chi connectivity index (χ0v) is 27.3. The average molecular weight is 659 g/mol. The van der Waals surface area contributed by atoms with Crippen LogP contribution in [-0.2, 0) is 44.5 Å². The number of nitrogens with one attached hydrogen (secondary N) is 2. The van der Waals surface area contributed by atoms with E-state index in [1.807, 2.05) is 25.1 Å². The van der Waals surface area contributed by atoms with Crippen LogP contribution in [0.1, 0.15) is 46.9 Å². The smallest absolute Gasteiger partial charge is 0.343 e. The van der Waals surface area contributed by atoms with Crippen LogP contribution in [0, 0.1) is 0 Å². The molecule has 0 bridgehead atoms. The molecule has 1 atom stereocenters. The van der Waals surface area contributed by atoms with Gasteiger partial charge in [-0.05, 0) is 69.9 Å². The summed E-state index contributed by atoms with van der Waals surface area (Å²) in [5.41, 5.74) is 1.65. The highest BCUT2D eigenvalue weighted by Gasteiger charge is 2.45. The average Bonchev–Trinajstić information content (AvgIpc) is 3.63. The molecule has 3 aromatic heterocycles. The SMILES string of the molecule is CCC1(O)C(=O)OCc2c1cc1n(c2=O)Cc2cc3cc(OCC(=O)Nc4cc(C(=O)NCCCN(C)C)n(COC)c4)ccc3nc2-1. The molecule has 252 valence electrons. The molecule has 0 saturated heterocycles. The minimum Gasteiger partial charge on any atom is -0.484 e. The molecule has 4 aromatic rings. The van der Waals surface area contributed by atoms with Gasteiger partial charge in [-0.2, -0.15) is 0 Å². The van der Waals surface area contributed by atoms with Gasteiger partial charge in [-0.25, -0.2) is 9.78 Å². The van der Waals surface area contributed by atoms with Crippen LogP contribution >= 0.6 is 0 Å². The van der Waals surface area contributed by atoms with Crippen molar-refractivity contribution in [2.24, 2.45) is 0 Å². The molecule has 5 heterocycles. The van der Waals surface area contributed by atoms with Crippen molar-refractivity contribution in [1.82, 2.24) is 24.3 Å². The molecule has 1 aromatic carbocycles. The Labute approximate surface area is 276 Å². The molecule has 0 spiro atoms. The molecule has 3 N–H and O–H groups in total. The Morgan fingerprint density at radius 3 is 2.73 bits per heavy atom. The minimum atomic E-state index is -1.89. The summed E-state index contributed by atoms with van der Waals surface area (Å²) in [5, 5.41) is 17.5. The molecular weight excluding hydrogens is 620 g/mol. The number of cyclic esters (lactones) is 1. The zero-order chi connectivity index (χ0) is 34.2. The van der Waals surface area contributed by atoms with Crippen molar-refractivity contribution in [2.45, 2.75) is 45.2 Å². The second-order valence-electron chi connectivity index (χ2n) is 12.2. The summed E-state index contributed by atoms with van der Waals surface area (Å²) in [6.07, 6.45) is 2.50. The number of ether oxygens (including phenoxy) is 3. The van der Waals surface area contributed by atoms with Crippen molar-refractivity contribution in [2.75, 3.05) is 46.2 Å². The van der Waals surface area contributed by atoms with Gasteiger partial charge in [0, 0.05) is 36.4 Å². The number of pyridine rings is 2. The van der Waals surface area contributed by atoms with Crippen molar-refractivity contribution in [1.29, 1.82) is 0 Å². The van der Waals surface area contributed by atoms with Crippen molar-refractivity contribution >= 4 is 34.4 Å². The Balaban J connectivity index is 1.14. The third-order valence-corrected chi connectivity index (χ3v) is 8.60. The molecule has 6 rings (SSSR count). The second-order valence-corrected chi connectivity index (χ2v) is 12.2. The van der Waals surface area contributed by atoms with E-state index in [1.54, 1.807) is 52.6 Å². The molecule has 0 fully saturated rings. The lowest BCUT2D eigenvalue weighted by atomic mass is 9.86. The second kappa shape index (κ2) is 13.2. The number of nitrogens with zero attached hydrogens (tertiary/aromatic N) is 4. The van der Waals surface area contributed by atoms with Gasteiger partial charge in [0.25, 0.3) is 17.4 Å². The number of methoxy groups -OCH3 is 1. The van der Waals surface area contributed by atoms with E-state index in [2.05, 4.69) is 10.6 Å². The molecule has 1 unspecified atom stereocenters. The molecular formula is C34H38N6O8. The van der Waals surface area contributed by atoms with Crippen LogP contribution < -0.4 is 20.9 Å².